The van der Waals surface area contributed by atoms with Crippen molar-refractivity contribution in [3.05, 3.63) is 29.8 Å². The van der Waals surface area contributed by atoms with Gasteiger partial charge in [0.1, 0.15) is 0 Å². The van der Waals surface area contributed by atoms with E-state index in [-0.39, 0.29) is 23.8 Å². The minimum absolute atomic E-state index is 0.153. The Morgan fingerprint density at radius 2 is 1.86 bits per heavy atom. The van der Waals surface area contributed by atoms with E-state index in [9.17, 15) is 21.6 Å². The number of benzene rings is 1. The maximum absolute atomic E-state index is 12.4. The Morgan fingerprint density at radius 1 is 1.27 bits per heavy atom. The summed E-state index contributed by atoms with van der Waals surface area (Å²) in [6.45, 7) is 0.287. The second-order valence-electron chi connectivity index (χ2n) is 4.24. The molecule has 1 rings (SSSR count). The Labute approximate surface area is 132 Å². The van der Waals surface area contributed by atoms with Gasteiger partial charge in [0.05, 0.1) is 18.4 Å². The predicted octanol–water partition coefficient (Wildman–Crippen LogP) is 2.36. The largest absolute Gasteiger partial charge is 0.416 e. The van der Waals surface area contributed by atoms with Gasteiger partial charge in [0.2, 0.25) is 0 Å². The number of anilines is 1. The summed E-state index contributed by atoms with van der Waals surface area (Å²) in [5.41, 5.74) is -0.350. The molecule has 0 fully saturated rings. The molecular weight excluding hydrogens is 341 g/mol. The number of rotatable bonds is 6. The first kappa shape index (κ1) is 18.7. The van der Waals surface area contributed by atoms with Crippen LogP contribution in [-0.4, -0.2) is 32.9 Å². The van der Waals surface area contributed by atoms with Crippen LogP contribution in [-0.2, 0) is 20.5 Å². The molecule has 5 nitrogen and oxygen atoms in total. The van der Waals surface area contributed by atoms with Crippen LogP contribution < -0.4 is 10.6 Å². The van der Waals surface area contributed by atoms with Crippen molar-refractivity contribution >= 4 is 33.1 Å². The van der Waals surface area contributed by atoms with Crippen molar-refractivity contribution in [1.82, 2.24) is 5.32 Å². The van der Waals surface area contributed by atoms with Gasteiger partial charge in [-0.05, 0) is 42.9 Å². The fraction of sp³-hybridized carbons (Fsp3) is 0.417. The zero-order chi connectivity index (χ0) is 16.8. The van der Waals surface area contributed by atoms with Gasteiger partial charge < -0.3 is 10.6 Å². The Kier molecular flexibility index (Phi) is 6.57. The van der Waals surface area contributed by atoms with Crippen molar-refractivity contribution in [1.29, 1.82) is 0 Å². The molecule has 0 aliphatic rings. The molecule has 0 spiro atoms. The Bertz CT molecular complexity index is 601. The van der Waals surface area contributed by atoms with E-state index < -0.39 is 21.9 Å². The number of alkyl halides is 3. The lowest BCUT2D eigenvalue weighted by molar-refractivity contribution is -0.137. The normalized spacial score (nSPS) is 12.0. The highest BCUT2D eigenvalue weighted by molar-refractivity contribution is 7.86. The highest BCUT2D eigenvalue weighted by Gasteiger charge is 2.29. The van der Waals surface area contributed by atoms with Crippen molar-refractivity contribution in [2.75, 3.05) is 24.7 Å². The van der Waals surface area contributed by atoms with Crippen LogP contribution in [0.2, 0.25) is 0 Å². The fourth-order valence-corrected chi connectivity index (χ4v) is 2.34. The summed E-state index contributed by atoms with van der Waals surface area (Å²) >= 11 is 4.95. The highest BCUT2D eigenvalue weighted by Crippen LogP contribution is 2.29. The Hall–Kier alpha value is -1.39. The van der Waals surface area contributed by atoms with E-state index in [1.165, 1.54) is 12.1 Å². The van der Waals surface area contributed by atoms with Gasteiger partial charge in [-0.2, -0.15) is 21.6 Å². The summed E-state index contributed by atoms with van der Waals surface area (Å²) in [7, 11) is -2.42. The summed E-state index contributed by atoms with van der Waals surface area (Å²) < 4.78 is 63.6. The van der Waals surface area contributed by atoms with Gasteiger partial charge in [0.15, 0.2) is 5.11 Å². The van der Waals surface area contributed by atoms with Crippen LogP contribution >= 0.6 is 12.2 Å². The summed E-state index contributed by atoms with van der Waals surface area (Å²) in [6.07, 6.45) is -4.10. The molecule has 22 heavy (non-hydrogen) atoms. The molecule has 0 unspecified atom stereocenters. The van der Waals surface area contributed by atoms with Crippen LogP contribution in [0.15, 0.2) is 24.3 Å². The van der Waals surface area contributed by atoms with E-state index >= 15 is 0 Å². The maximum Gasteiger partial charge on any atom is 0.416 e. The Morgan fingerprint density at radius 3 is 2.36 bits per heavy atom. The number of halogens is 3. The molecule has 0 amide bonds. The number of nitrogens with one attached hydrogen (secondary N) is 2. The molecule has 0 aliphatic heterocycles. The fourth-order valence-electron chi connectivity index (χ4n) is 1.45. The van der Waals surface area contributed by atoms with Gasteiger partial charge in [-0.15, -0.1) is 0 Å². The molecular formula is C12H15F3N2O3S2. The van der Waals surface area contributed by atoms with Gasteiger partial charge in [-0.3, -0.25) is 4.18 Å². The molecule has 0 radical (unpaired) electrons. The summed E-state index contributed by atoms with van der Waals surface area (Å²) in [5, 5.41) is 5.64. The van der Waals surface area contributed by atoms with Gasteiger partial charge in [0, 0.05) is 12.2 Å². The molecule has 1 aromatic carbocycles. The first-order valence-corrected chi connectivity index (χ1v) is 8.13. The summed E-state index contributed by atoms with van der Waals surface area (Å²) in [4.78, 5) is 0. The minimum Gasteiger partial charge on any atom is -0.362 e. The van der Waals surface area contributed by atoms with Crippen LogP contribution in [0.1, 0.15) is 12.0 Å². The molecule has 0 aromatic heterocycles. The standard InChI is InChI=1S/C12H15F3N2O3S2/c1-20-22(18,19)8-2-7-16-11(21)17-10-5-3-9(4-6-10)12(13,14)15/h3-6H,2,7-8H2,1H3,(H2,16,17,21). The van der Waals surface area contributed by atoms with Crippen molar-refractivity contribution in [2.24, 2.45) is 0 Å². The van der Waals surface area contributed by atoms with Crippen molar-refractivity contribution < 1.29 is 25.8 Å². The lowest BCUT2D eigenvalue weighted by atomic mass is 10.2. The Balaban J connectivity index is 2.40. The number of hydrogen-bond donors (Lipinski definition) is 2. The molecule has 2 N–H and O–H groups in total. The molecule has 0 heterocycles. The van der Waals surface area contributed by atoms with E-state index in [0.717, 1.165) is 19.2 Å². The van der Waals surface area contributed by atoms with Gasteiger partial charge >= 0.3 is 6.18 Å². The number of hydrogen-bond acceptors (Lipinski definition) is 4. The average molecular weight is 356 g/mol. The van der Waals surface area contributed by atoms with E-state index in [2.05, 4.69) is 14.8 Å². The smallest absolute Gasteiger partial charge is 0.362 e. The highest BCUT2D eigenvalue weighted by atomic mass is 32.2. The van der Waals surface area contributed by atoms with E-state index in [1.807, 2.05) is 0 Å². The average Bonchev–Trinajstić information content (AvgIpc) is 2.43. The van der Waals surface area contributed by atoms with Crippen molar-refractivity contribution in [3.8, 4) is 0 Å². The van der Waals surface area contributed by atoms with E-state index in [4.69, 9.17) is 12.2 Å². The first-order chi connectivity index (χ1) is 10.1. The van der Waals surface area contributed by atoms with Gasteiger partial charge in [0.25, 0.3) is 10.1 Å². The third-order valence-electron chi connectivity index (χ3n) is 2.58. The summed E-state index contributed by atoms with van der Waals surface area (Å²) in [6, 6.07) is 4.39. The molecule has 0 aliphatic carbocycles. The lowest BCUT2D eigenvalue weighted by Crippen LogP contribution is -2.30. The van der Waals surface area contributed by atoms with E-state index in [0.29, 0.717) is 5.69 Å². The second kappa shape index (κ2) is 7.75. The monoisotopic (exact) mass is 356 g/mol. The van der Waals surface area contributed by atoms with Gasteiger partial charge in [-0.25, -0.2) is 0 Å². The van der Waals surface area contributed by atoms with Crippen LogP contribution in [0.5, 0.6) is 0 Å². The molecule has 124 valence electrons. The molecule has 0 bridgehead atoms. The third-order valence-corrected chi connectivity index (χ3v) is 4.12. The quantitative estimate of drug-likeness (QED) is 0.463. The minimum atomic E-state index is -4.38. The lowest BCUT2D eigenvalue weighted by Gasteiger charge is -2.11. The molecule has 0 saturated carbocycles. The van der Waals surface area contributed by atoms with Crippen molar-refractivity contribution in [2.45, 2.75) is 12.6 Å². The van der Waals surface area contributed by atoms with Crippen LogP contribution in [0.3, 0.4) is 0 Å². The van der Waals surface area contributed by atoms with Gasteiger partial charge in [-0.1, -0.05) is 0 Å². The van der Waals surface area contributed by atoms with Crippen molar-refractivity contribution in [3.63, 3.8) is 0 Å². The molecule has 0 saturated heterocycles. The van der Waals surface area contributed by atoms with Crippen LogP contribution in [0.25, 0.3) is 0 Å². The number of thiocarbonyl (C=S) groups is 1. The van der Waals surface area contributed by atoms with E-state index in [1.54, 1.807) is 0 Å². The zero-order valence-electron chi connectivity index (χ0n) is 11.6. The maximum atomic E-state index is 12.4. The molecule has 10 heteroatoms. The molecule has 1 aromatic rings. The molecule has 0 atom stereocenters. The van der Waals surface area contributed by atoms with Crippen LogP contribution in [0.4, 0.5) is 18.9 Å². The summed E-state index contributed by atoms with van der Waals surface area (Å²) in [5.74, 6) is -0.153. The SMILES string of the molecule is COS(=O)(=O)CCCNC(=S)Nc1ccc(C(F)(F)F)cc1. The first-order valence-electron chi connectivity index (χ1n) is 6.14. The zero-order valence-corrected chi connectivity index (χ0v) is 13.2. The topological polar surface area (TPSA) is 67.4 Å². The predicted molar refractivity (Wildman–Crippen MR) is 81.1 cm³/mol. The third kappa shape index (κ3) is 6.58. The van der Waals surface area contributed by atoms with Crippen LogP contribution in [0, 0.1) is 0 Å². The second-order valence-corrected chi connectivity index (χ2v) is 6.50.